The zero-order valence-electron chi connectivity index (χ0n) is 19.3. The van der Waals surface area contributed by atoms with Gasteiger partial charge in [0.15, 0.2) is 6.61 Å². The van der Waals surface area contributed by atoms with Gasteiger partial charge in [-0.15, -0.1) is 0 Å². The number of anilines is 1. The first-order valence-corrected chi connectivity index (χ1v) is 12.8. The van der Waals surface area contributed by atoms with Gasteiger partial charge in [0.1, 0.15) is 23.2 Å². The fourth-order valence-electron chi connectivity index (χ4n) is 6.90. The molecule has 6 rings (SSSR count). The lowest BCUT2D eigenvalue weighted by Gasteiger charge is -2.56. The van der Waals surface area contributed by atoms with Gasteiger partial charge in [0.05, 0.1) is 5.69 Å². The SMILES string of the molecule is CN1/C(=C(/C#N)C(=O)COC(=O)CNC(=O)CC23CC4CC(CC(C4)C2)C3)Sc2ccccc21. The number of rotatable bonds is 7. The summed E-state index contributed by atoms with van der Waals surface area (Å²) < 4.78 is 5.09. The Morgan fingerprint density at radius 1 is 1.15 bits per heavy atom. The number of nitrogens with zero attached hydrogens (tertiary/aromatic N) is 2. The lowest BCUT2D eigenvalue weighted by Crippen LogP contribution is -2.48. The molecule has 4 aliphatic carbocycles. The van der Waals surface area contributed by atoms with E-state index in [1.807, 2.05) is 30.3 Å². The molecule has 1 amide bonds. The van der Waals surface area contributed by atoms with E-state index in [0.717, 1.165) is 47.6 Å². The van der Waals surface area contributed by atoms with Crippen molar-refractivity contribution in [2.24, 2.45) is 23.2 Å². The Bertz CT molecular complexity index is 1070. The summed E-state index contributed by atoms with van der Waals surface area (Å²) in [6, 6.07) is 9.60. The summed E-state index contributed by atoms with van der Waals surface area (Å²) in [4.78, 5) is 40.2. The molecule has 1 heterocycles. The minimum atomic E-state index is -0.676. The van der Waals surface area contributed by atoms with Gasteiger partial charge in [0, 0.05) is 18.4 Å². The first-order chi connectivity index (χ1) is 16.4. The van der Waals surface area contributed by atoms with Crippen LogP contribution in [0.15, 0.2) is 39.8 Å². The number of hydrogen-bond donors (Lipinski definition) is 1. The Morgan fingerprint density at radius 2 is 1.79 bits per heavy atom. The van der Waals surface area contributed by atoms with Crippen LogP contribution in [0.25, 0.3) is 0 Å². The van der Waals surface area contributed by atoms with Crippen LogP contribution in [0.3, 0.4) is 0 Å². The predicted octanol–water partition coefficient (Wildman–Crippen LogP) is 3.80. The largest absolute Gasteiger partial charge is 0.456 e. The van der Waals surface area contributed by atoms with Gasteiger partial charge in [-0.3, -0.25) is 14.4 Å². The second-order valence-corrected chi connectivity index (χ2v) is 11.4. The Morgan fingerprint density at radius 3 is 2.41 bits per heavy atom. The van der Waals surface area contributed by atoms with Crippen LogP contribution in [-0.2, 0) is 19.1 Å². The molecule has 4 fully saturated rings. The summed E-state index contributed by atoms with van der Waals surface area (Å²) in [5, 5.41) is 12.8. The van der Waals surface area contributed by atoms with E-state index in [-0.39, 0.29) is 23.4 Å². The Hall–Kier alpha value is -2.79. The van der Waals surface area contributed by atoms with Crippen molar-refractivity contribution in [3.05, 3.63) is 34.9 Å². The van der Waals surface area contributed by atoms with Crippen LogP contribution in [0, 0.1) is 34.5 Å². The molecule has 0 saturated heterocycles. The number of Topliss-reactive ketones (excluding diaryl/α,β-unsaturated/α-hetero) is 1. The Labute approximate surface area is 203 Å². The molecule has 178 valence electrons. The molecular formula is C26H29N3O4S. The minimum absolute atomic E-state index is 0.0395. The number of fused-ring (bicyclic) bond motifs is 1. The van der Waals surface area contributed by atoms with Crippen LogP contribution in [-0.4, -0.2) is 37.9 Å². The van der Waals surface area contributed by atoms with Crippen LogP contribution < -0.4 is 10.2 Å². The summed E-state index contributed by atoms with van der Waals surface area (Å²) >= 11 is 1.34. The topological polar surface area (TPSA) is 99.5 Å². The van der Waals surface area contributed by atoms with Crippen molar-refractivity contribution in [1.82, 2.24) is 5.32 Å². The van der Waals surface area contributed by atoms with Crippen LogP contribution in [0.2, 0.25) is 0 Å². The third-order valence-corrected chi connectivity index (χ3v) is 9.07. The fraction of sp³-hybridized carbons (Fsp3) is 0.538. The standard InChI is InChI=1S/C26H29N3O4S/c1-29-20-4-2-3-5-22(20)34-25(29)19(13-27)21(30)15-33-24(32)14-28-23(31)12-26-9-16-6-17(10-26)8-18(7-16)11-26/h2-5,16-18H,6-12,14-15H2,1H3,(H,28,31)/b25-19+. The van der Waals surface area contributed by atoms with E-state index in [2.05, 4.69) is 5.32 Å². The summed E-state index contributed by atoms with van der Waals surface area (Å²) in [6.45, 7) is -0.794. The number of amides is 1. The molecule has 1 N–H and O–H groups in total. The number of esters is 1. The van der Waals surface area contributed by atoms with E-state index >= 15 is 0 Å². The van der Waals surface area contributed by atoms with Gasteiger partial charge >= 0.3 is 5.97 Å². The van der Waals surface area contributed by atoms with E-state index in [4.69, 9.17) is 4.74 Å². The smallest absolute Gasteiger partial charge is 0.325 e. The van der Waals surface area contributed by atoms with E-state index in [1.165, 1.54) is 31.0 Å². The fourth-order valence-corrected chi connectivity index (χ4v) is 8.06. The van der Waals surface area contributed by atoms with E-state index in [1.54, 1.807) is 11.9 Å². The molecule has 1 aromatic rings. The lowest BCUT2D eigenvalue weighted by atomic mass is 9.49. The number of carbonyl (C=O) groups excluding carboxylic acids is 3. The molecule has 4 bridgehead atoms. The highest BCUT2D eigenvalue weighted by atomic mass is 32.2. The van der Waals surface area contributed by atoms with Crippen LogP contribution >= 0.6 is 11.8 Å². The van der Waals surface area contributed by atoms with Crippen LogP contribution in [0.1, 0.15) is 44.9 Å². The molecule has 0 spiro atoms. The third kappa shape index (κ3) is 4.46. The maximum absolute atomic E-state index is 12.6. The number of ether oxygens (including phenoxy) is 1. The highest BCUT2D eigenvalue weighted by molar-refractivity contribution is 8.03. The van der Waals surface area contributed by atoms with Crippen molar-refractivity contribution in [2.75, 3.05) is 25.1 Å². The molecule has 7 nitrogen and oxygen atoms in total. The van der Waals surface area contributed by atoms with Gasteiger partial charge in [-0.05, 0) is 73.8 Å². The van der Waals surface area contributed by atoms with Crippen molar-refractivity contribution < 1.29 is 19.1 Å². The Balaban J connectivity index is 1.11. The number of thioether (sulfide) groups is 1. The summed E-state index contributed by atoms with van der Waals surface area (Å²) in [5.41, 5.74) is 0.985. The molecule has 0 radical (unpaired) electrons. The number of nitriles is 1. The molecule has 8 heteroatoms. The van der Waals surface area contributed by atoms with Gasteiger partial charge in [-0.2, -0.15) is 5.26 Å². The molecule has 0 unspecified atom stereocenters. The van der Waals surface area contributed by atoms with E-state index in [0.29, 0.717) is 11.4 Å². The van der Waals surface area contributed by atoms with Gasteiger partial charge < -0.3 is 15.0 Å². The van der Waals surface area contributed by atoms with Gasteiger partial charge in [-0.1, -0.05) is 23.9 Å². The third-order valence-electron chi connectivity index (χ3n) is 7.84. The van der Waals surface area contributed by atoms with Crippen molar-refractivity contribution >= 4 is 35.1 Å². The average Bonchev–Trinajstić information content (AvgIpc) is 3.12. The number of carbonyl (C=O) groups is 3. The normalized spacial score (nSPS) is 29.9. The molecule has 0 atom stereocenters. The molecule has 1 aromatic carbocycles. The van der Waals surface area contributed by atoms with Gasteiger partial charge in [0.25, 0.3) is 0 Å². The number of hydrogen-bond acceptors (Lipinski definition) is 7. The molecule has 1 aliphatic heterocycles. The van der Waals surface area contributed by atoms with Crippen LogP contribution in [0.4, 0.5) is 5.69 Å². The zero-order valence-corrected chi connectivity index (χ0v) is 20.2. The maximum Gasteiger partial charge on any atom is 0.325 e. The van der Waals surface area contributed by atoms with Crippen molar-refractivity contribution in [2.45, 2.75) is 49.8 Å². The van der Waals surface area contributed by atoms with Crippen molar-refractivity contribution in [1.29, 1.82) is 5.26 Å². The summed E-state index contributed by atoms with van der Waals surface area (Å²) in [7, 11) is 1.80. The lowest BCUT2D eigenvalue weighted by molar-refractivity contribution is -0.147. The highest BCUT2D eigenvalue weighted by Crippen LogP contribution is 2.61. The monoisotopic (exact) mass is 479 g/mol. The second-order valence-electron chi connectivity index (χ2n) is 10.4. The van der Waals surface area contributed by atoms with Gasteiger partial charge in [-0.25, -0.2) is 0 Å². The van der Waals surface area contributed by atoms with Crippen molar-refractivity contribution in [3.63, 3.8) is 0 Å². The van der Waals surface area contributed by atoms with E-state index < -0.39 is 18.4 Å². The quantitative estimate of drug-likeness (QED) is 0.361. The number of benzene rings is 1. The maximum atomic E-state index is 12.6. The summed E-state index contributed by atoms with van der Waals surface area (Å²) in [5.74, 6) is 0.949. The molecule has 4 saturated carbocycles. The molecule has 5 aliphatic rings. The first-order valence-electron chi connectivity index (χ1n) is 12.0. The average molecular weight is 480 g/mol. The minimum Gasteiger partial charge on any atom is -0.456 e. The summed E-state index contributed by atoms with van der Waals surface area (Å²) in [6.07, 6.45) is 7.83. The van der Waals surface area contributed by atoms with Gasteiger partial charge in [0.2, 0.25) is 11.7 Å². The van der Waals surface area contributed by atoms with E-state index in [9.17, 15) is 19.6 Å². The zero-order chi connectivity index (χ0) is 23.9. The molecule has 0 aromatic heterocycles. The Kier molecular flexibility index (Phi) is 6.15. The number of ketones is 1. The molecular weight excluding hydrogens is 450 g/mol. The van der Waals surface area contributed by atoms with Crippen LogP contribution in [0.5, 0.6) is 0 Å². The number of para-hydroxylation sites is 1. The second kappa shape index (κ2) is 9.10. The highest BCUT2D eigenvalue weighted by Gasteiger charge is 2.51. The number of nitrogens with one attached hydrogen (secondary N) is 1. The predicted molar refractivity (Wildman–Crippen MR) is 128 cm³/mol. The van der Waals surface area contributed by atoms with Crippen molar-refractivity contribution in [3.8, 4) is 6.07 Å². The first kappa shape index (κ1) is 23.0. The molecule has 34 heavy (non-hydrogen) atoms.